The van der Waals surface area contributed by atoms with E-state index in [0.29, 0.717) is 12.5 Å². The SMILES string of the molecule is CCNC(=NCc1sc(C)nc1C)N1CCN(C(C)C(=O)N2CCCC2)CC1. The standard InChI is InChI=1S/C20H34N6OS/c1-5-21-20(22-14-18-15(2)23-17(4)28-18)26-12-10-24(11-13-26)16(3)19(27)25-8-6-7-9-25/h16H,5-14H2,1-4H3,(H,21,22). The molecule has 2 aliphatic heterocycles. The third-order valence-corrected chi connectivity index (χ3v) is 6.70. The molecular weight excluding hydrogens is 372 g/mol. The Morgan fingerprint density at radius 1 is 1.14 bits per heavy atom. The van der Waals surface area contributed by atoms with Crippen molar-refractivity contribution in [3.63, 3.8) is 0 Å². The molecule has 156 valence electrons. The zero-order valence-corrected chi connectivity index (χ0v) is 18.5. The maximum Gasteiger partial charge on any atom is 0.239 e. The zero-order valence-electron chi connectivity index (χ0n) is 17.7. The number of nitrogens with one attached hydrogen (secondary N) is 1. The van der Waals surface area contributed by atoms with Crippen LogP contribution in [0.25, 0.3) is 0 Å². The number of nitrogens with zero attached hydrogens (tertiary/aromatic N) is 5. The van der Waals surface area contributed by atoms with E-state index in [1.54, 1.807) is 11.3 Å². The molecule has 0 saturated carbocycles. The van der Waals surface area contributed by atoms with Gasteiger partial charge in [-0.25, -0.2) is 9.98 Å². The number of guanidine groups is 1. The Hall–Kier alpha value is -1.67. The zero-order chi connectivity index (χ0) is 20.1. The summed E-state index contributed by atoms with van der Waals surface area (Å²) in [4.78, 5) is 29.9. The molecule has 2 saturated heterocycles. The van der Waals surface area contributed by atoms with Crippen molar-refractivity contribution < 1.29 is 4.79 Å². The number of aryl methyl sites for hydroxylation is 2. The van der Waals surface area contributed by atoms with E-state index < -0.39 is 0 Å². The second-order valence-corrected chi connectivity index (χ2v) is 8.93. The predicted octanol–water partition coefficient (Wildman–Crippen LogP) is 1.85. The summed E-state index contributed by atoms with van der Waals surface area (Å²) in [5.41, 5.74) is 1.08. The van der Waals surface area contributed by atoms with Crippen LogP contribution in [0.4, 0.5) is 0 Å². The minimum atomic E-state index is -0.0254. The van der Waals surface area contributed by atoms with Gasteiger partial charge in [-0.3, -0.25) is 9.69 Å². The molecule has 1 N–H and O–H groups in total. The van der Waals surface area contributed by atoms with Gasteiger partial charge in [0.2, 0.25) is 5.91 Å². The normalized spacial score (nSPS) is 19.9. The van der Waals surface area contributed by atoms with E-state index in [9.17, 15) is 4.79 Å². The lowest BCUT2D eigenvalue weighted by Gasteiger charge is -2.39. The van der Waals surface area contributed by atoms with E-state index in [0.717, 1.165) is 75.3 Å². The van der Waals surface area contributed by atoms with E-state index >= 15 is 0 Å². The smallest absolute Gasteiger partial charge is 0.239 e. The topological polar surface area (TPSA) is 64.1 Å². The molecule has 1 atom stereocenters. The number of carbonyl (C=O) groups is 1. The lowest BCUT2D eigenvalue weighted by atomic mass is 10.2. The minimum absolute atomic E-state index is 0.0254. The van der Waals surface area contributed by atoms with Crippen LogP contribution in [0.3, 0.4) is 0 Å². The van der Waals surface area contributed by atoms with Gasteiger partial charge in [0.25, 0.3) is 0 Å². The largest absolute Gasteiger partial charge is 0.357 e. The van der Waals surface area contributed by atoms with Crippen LogP contribution in [0.2, 0.25) is 0 Å². The highest BCUT2D eigenvalue weighted by Crippen LogP contribution is 2.18. The summed E-state index contributed by atoms with van der Waals surface area (Å²) >= 11 is 1.73. The summed E-state index contributed by atoms with van der Waals surface area (Å²) in [7, 11) is 0. The Morgan fingerprint density at radius 3 is 2.39 bits per heavy atom. The number of piperazine rings is 1. The molecule has 1 unspecified atom stereocenters. The van der Waals surface area contributed by atoms with Crippen LogP contribution in [-0.4, -0.2) is 83.4 Å². The van der Waals surface area contributed by atoms with Crippen LogP contribution < -0.4 is 5.32 Å². The first kappa shape index (κ1) is 21.0. The van der Waals surface area contributed by atoms with Crippen molar-refractivity contribution in [3.05, 3.63) is 15.6 Å². The summed E-state index contributed by atoms with van der Waals surface area (Å²) in [6.45, 7) is 15.2. The van der Waals surface area contributed by atoms with Crippen molar-refractivity contribution in [2.45, 2.75) is 53.1 Å². The van der Waals surface area contributed by atoms with Gasteiger partial charge in [0, 0.05) is 50.7 Å². The molecule has 1 aromatic heterocycles. The number of aliphatic imine (C=N–C) groups is 1. The molecule has 0 aromatic carbocycles. The second-order valence-electron chi connectivity index (χ2n) is 7.64. The fourth-order valence-electron chi connectivity index (χ4n) is 3.97. The maximum absolute atomic E-state index is 12.7. The Labute approximate surface area is 172 Å². The van der Waals surface area contributed by atoms with Crippen molar-refractivity contribution >= 4 is 23.2 Å². The average molecular weight is 407 g/mol. The van der Waals surface area contributed by atoms with Gasteiger partial charge in [0.05, 0.1) is 23.3 Å². The molecule has 1 aromatic rings. The summed E-state index contributed by atoms with van der Waals surface area (Å²) < 4.78 is 0. The number of hydrogen-bond donors (Lipinski definition) is 1. The molecular formula is C20H34N6OS. The van der Waals surface area contributed by atoms with Crippen LogP contribution in [0.1, 0.15) is 42.3 Å². The lowest BCUT2D eigenvalue weighted by Crippen LogP contribution is -2.57. The number of aromatic nitrogens is 1. The Morgan fingerprint density at radius 2 is 1.82 bits per heavy atom. The molecule has 0 radical (unpaired) electrons. The van der Waals surface area contributed by atoms with Gasteiger partial charge in [-0.1, -0.05) is 0 Å². The summed E-state index contributed by atoms with van der Waals surface area (Å²) in [6.07, 6.45) is 2.29. The van der Waals surface area contributed by atoms with E-state index in [1.807, 2.05) is 11.8 Å². The predicted molar refractivity (Wildman–Crippen MR) is 115 cm³/mol. The molecule has 8 heteroatoms. The molecule has 28 heavy (non-hydrogen) atoms. The fraction of sp³-hybridized carbons (Fsp3) is 0.750. The van der Waals surface area contributed by atoms with Crippen molar-refractivity contribution in [1.82, 2.24) is 25.0 Å². The van der Waals surface area contributed by atoms with Gasteiger partial charge in [-0.05, 0) is 40.5 Å². The van der Waals surface area contributed by atoms with E-state index in [4.69, 9.17) is 4.99 Å². The van der Waals surface area contributed by atoms with Crippen LogP contribution in [-0.2, 0) is 11.3 Å². The summed E-state index contributed by atoms with van der Waals surface area (Å²) in [5.74, 6) is 1.26. The lowest BCUT2D eigenvalue weighted by molar-refractivity contribution is -0.135. The minimum Gasteiger partial charge on any atom is -0.357 e. The quantitative estimate of drug-likeness (QED) is 0.597. The molecule has 3 rings (SSSR count). The molecule has 1 amide bonds. The van der Waals surface area contributed by atoms with Crippen LogP contribution in [0.5, 0.6) is 0 Å². The van der Waals surface area contributed by atoms with Crippen molar-refractivity contribution in [3.8, 4) is 0 Å². The van der Waals surface area contributed by atoms with Crippen molar-refractivity contribution in [2.24, 2.45) is 4.99 Å². The molecule has 2 fully saturated rings. The third kappa shape index (κ3) is 5.03. The number of amides is 1. The molecule has 0 bridgehead atoms. The van der Waals surface area contributed by atoms with Gasteiger partial charge in [-0.15, -0.1) is 11.3 Å². The van der Waals surface area contributed by atoms with Crippen LogP contribution in [0.15, 0.2) is 4.99 Å². The fourth-order valence-corrected chi connectivity index (χ4v) is 4.83. The molecule has 3 heterocycles. The number of thiazole rings is 1. The van der Waals surface area contributed by atoms with Crippen molar-refractivity contribution in [2.75, 3.05) is 45.8 Å². The van der Waals surface area contributed by atoms with Crippen LogP contribution in [0, 0.1) is 13.8 Å². The van der Waals surface area contributed by atoms with Gasteiger partial charge < -0.3 is 15.1 Å². The monoisotopic (exact) mass is 406 g/mol. The number of likely N-dealkylation sites (tertiary alicyclic amines) is 1. The highest BCUT2D eigenvalue weighted by molar-refractivity contribution is 7.11. The second kappa shape index (κ2) is 9.69. The first-order valence-corrected chi connectivity index (χ1v) is 11.3. The van der Waals surface area contributed by atoms with E-state index in [-0.39, 0.29) is 6.04 Å². The molecule has 0 aliphatic carbocycles. The number of hydrogen-bond acceptors (Lipinski definition) is 5. The molecule has 2 aliphatic rings. The van der Waals surface area contributed by atoms with Gasteiger partial charge in [0.1, 0.15) is 0 Å². The Balaban J connectivity index is 1.56. The highest BCUT2D eigenvalue weighted by atomic mass is 32.1. The Bertz CT molecular complexity index is 689. The average Bonchev–Trinajstić information content (AvgIpc) is 3.34. The number of rotatable bonds is 5. The van der Waals surface area contributed by atoms with Gasteiger partial charge in [0.15, 0.2) is 5.96 Å². The van der Waals surface area contributed by atoms with Crippen molar-refractivity contribution in [1.29, 1.82) is 0 Å². The Kier molecular flexibility index (Phi) is 7.29. The molecule has 0 spiro atoms. The van der Waals surface area contributed by atoms with Crippen LogP contribution >= 0.6 is 11.3 Å². The van der Waals surface area contributed by atoms with Gasteiger partial charge in [-0.2, -0.15) is 0 Å². The van der Waals surface area contributed by atoms with E-state index in [2.05, 4.69) is 40.9 Å². The summed E-state index contributed by atoms with van der Waals surface area (Å²) in [6, 6.07) is -0.0254. The highest BCUT2D eigenvalue weighted by Gasteiger charge is 2.30. The third-order valence-electron chi connectivity index (χ3n) is 5.64. The van der Waals surface area contributed by atoms with Gasteiger partial charge >= 0.3 is 0 Å². The first-order chi connectivity index (χ1) is 13.5. The molecule has 7 nitrogen and oxygen atoms in total. The van der Waals surface area contributed by atoms with E-state index in [1.165, 1.54) is 4.88 Å². The summed E-state index contributed by atoms with van der Waals surface area (Å²) in [5, 5.41) is 4.52. The maximum atomic E-state index is 12.7. The first-order valence-electron chi connectivity index (χ1n) is 10.5. The number of carbonyl (C=O) groups excluding carboxylic acids is 1.